The first kappa shape index (κ1) is 12.1. The smallest absolute Gasteiger partial charge is 0.151 e. The van der Waals surface area contributed by atoms with Crippen LogP contribution in [0.15, 0.2) is 24.3 Å². The molecule has 18 heavy (non-hydrogen) atoms. The number of hydrogen-bond donors (Lipinski definition) is 0. The zero-order valence-electron chi connectivity index (χ0n) is 10.2. The summed E-state index contributed by atoms with van der Waals surface area (Å²) in [6, 6.07) is 7.78. The summed E-state index contributed by atoms with van der Waals surface area (Å²) in [6.45, 7) is 3.20. The van der Waals surface area contributed by atoms with E-state index in [1.165, 1.54) is 12.8 Å². The van der Waals surface area contributed by atoms with Gasteiger partial charge in [0.05, 0.1) is 5.69 Å². The number of rotatable bonds is 1. The van der Waals surface area contributed by atoms with Crippen molar-refractivity contribution in [1.29, 1.82) is 0 Å². The maximum atomic E-state index is 6.28. The van der Waals surface area contributed by atoms with Crippen molar-refractivity contribution in [2.75, 3.05) is 0 Å². The van der Waals surface area contributed by atoms with Gasteiger partial charge in [-0.15, -0.1) is 0 Å². The Bertz CT molecular complexity index is 589. The second kappa shape index (κ2) is 4.60. The summed E-state index contributed by atoms with van der Waals surface area (Å²) in [4.78, 5) is 4.52. The Morgan fingerprint density at radius 2 is 2.17 bits per heavy atom. The number of benzene rings is 1. The Hall–Kier alpha value is -0.990. The molecule has 1 aromatic heterocycles. The Morgan fingerprint density at radius 1 is 1.33 bits per heavy atom. The Labute approximate surface area is 117 Å². The molecule has 3 rings (SSSR count). The quantitative estimate of drug-likeness (QED) is 0.737. The maximum Gasteiger partial charge on any atom is 0.151 e. The molecule has 0 fully saturated rings. The maximum absolute atomic E-state index is 6.28. The molecule has 0 bridgehead atoms. The Kier molecular flexibility index (Phi) is 3.08. The molecule has 2 aromatic rings. The molecule has 1 atom stereocenters. The molecule has 0 N–H and O–H groups in total. The van der Waals surface area contributed by atoms with Gasteiger partial charge >= 0.3 is 0 Å². The Morgan fingerprint density at radius 3 is 2.94 bits per heavy atom. The minimum atomic E-state index is 0.478. The van der Waals surface area contributed by atoms with Crippen molar-refractivity contribution in [2.24, 2.45) is 0 Å². The first-order valence-corrected chi connectivity index (χ1v) is 6.94. The second-order valence-electron chi connectivity index (χ2n) is 4.82. The molecular weight excluding hydrogens is 267 g/mol. The van der Waals surface area contributed by atoms with Gasteiger partial charge in [-0.3, -0.25) is 0 Å². The molecule has 1 unspecified atom stereocenters. The zero-order chi connectivity index (χ0) is 12.7. The fourth-order valence-electron chi connectivity index (χ4n) is 2.67. The van der Waals surface area contributed by atoms with E-state index < -0.39 is 0 Å². The van der Waals surface area contributed by atoms with Crippen LogP contribution in [0.5, 0.6) is 0 Å². The molecule has 94 valence electrons. The van der Waals surface area contributed by atoms with E-state index in [0.29, 0.717) is 11.1 Å². The van der Waals surface area contributed by atoms with Crippen molar-refractivity contribution >= 4 is 23.2 Å². The van der Waals surface area contributed by atoms with Crippen molar-refractivity contribution in [3.8, 4) is 11.4 Å². The standard InChI is InChI=1S/C14H14Cl2N2/c1-9-4-3-7-18-12(9)13(16)17-14(18)10-5-2-6-11(15)8-10/h2,5-6,8-9H,3-4,7H2,1H3. The van der Waals surface area contributed by atoms with E-state index in [1.807, 2.05) is 24.3 Å². The van der Waals surface area contributed by atoms with Gasteiger partial charge in [0.25, 0.3) is 0 Å². The summed E-state index contributed by atoms with van der Waals surface area (Å²) in [5.74, 6) is 1.41. The van der Waals surface area contributed by atoms with Crippen LogP contribution >= 0.6 is 23.2 Å². The highest BCUT2D eigenvalue weighted by molar-refractivity contribution is 6.31. The minimum Gasteiger partial charge on any atom is -0.326 e. The fraction of sp³-hybridized carbons (Fsp3) is 0.357. The van der Waals surface area contributed by atoms with Crippen molar-refractivity contribution in [1.82, 2.24) is 9.55 Å². The van der Waals surface area contributed by atoms with Gasteiger partial charge in [-0.25, -0.2) is 4.98 Å². The van der Waals surface area contributed by atoms with Gasteiger partial charge in [-0.2, -0.15) is 0 Å². The minimum absolute atomic E-state index is 0.478. The lowest BCUT2D eigenvalue weighted by molar-refractivity contribution is 0.478. The average Bonchev–Trinajstić information content (AvgIpc) is 2.68. The van der Waals surface area contributed by atoms with E-state index in [2.05, 4.69) is 16.5 Å². The third-order valence-electron chi connectivity index (χ3n) is 3.53. The first-order valence-electron chi connectivity index (χ1n) is 6.18. The molecule has 0 amide bonds. The van der Waals surface area contributed by atoms with E-state index in [4.69, 9.17) is 23.2 Å². The van der Waals surface area contributed by atoms with Gasteiger partial charge < -0.3 is 4.57 Å². The second-order valence-corrected chi connectivity index (χ2v) is 5.61. The van der Waals surface area contributed by atoms with Gasteiger partial charge in [0, 0.05) is 17.1 Å². The lowest BCUT2D eigenvalue weighted by Gasteiger charge is -2.22. The van der Waals surface area contributed by atoms with Crippen LogP contribution in [0.25, 0.3) is 11.4 Å². The van der Waals surface area contributed by atoms with Gasteiger partial charge in [-0.1, -0.05) is 42.3 Å². The van der Waals surface area contributed by atoms with E-state index in [1.54, 1.807) is 0 Å². The van der Waals surface area contributed by atoms with Crippen LogP contribution in [0.3, 0.4) is 0 Å². The van der Waals surface area contributed by atoms with Crippen LogP contribution < -0.4 is 0 Å². The molecular formula is C14H14Cl2N2. The first-order chi connectivity index (χ1) is 8.66. The van der Waals surface area contributed by atoms with Gasteiger partial charge in [0.1, 0.15) is 5.82 Å². The van der Waals surface area contributed by atoms with E-state index >= 15 is 0 Å². The highest BCUT2D eigenvalue weighted by Crippen LogP contribution is 2.36. The summed E-state index contributed by atoms with van der Waals surface area (Å²) in [5, 5.41) is 1.36. The van der Waals surface area contributed by atoms with Crippen molar-refractivity contribution in [3.05, 3.63) is 40.1 Å². The molecule has 2 nitrogen and oxygen atoms in total. The molecule has 0 radical (unpaired) electrons. The number of imidazole rings is 1. The Balaban J connectivity index is 2.16. The molecule has 0 spiro atoms. The van der Waals surface area contributed by atoms with Crippen LogP contribution in [-0.4, -0.2) is 9.55 Å². The van der Waals surface area contributed by atoms with Gasteiger partial charge in [0.15, 0.2) is 5.15 Å². The number of hydrogen-bond acceptors (Lipinski definition) is 1. The monoisotopic (exact) mass is 280 g/mol. The van der Waals surface area contributed by atoms with Crippen molar-refractivity contribution < 1.29 is 0 Å². The molecule has 0 saturated carbocycles. The molecule has 4 heteroatoms. The summed E-state index contributed by atoms with van der Waals surface area (Å²) >= 11 is 12.3. The average molecular weight is 281 g/mol. The van der Waals surface area contributed by atoms with E-state index in [-0.39, 0.29) is 0 Å². The molecule has 2 heterocycles. The topological polar surface area (TPSA) is 17.8 Å². The number of halogens is 2. The van der Waals surface area contributed by atoms with Gasteiger partial charge in [0.2, 0.25) is 0 Å². The van der Waals surface area contributed by atoms with Crippen LogP contribution in [0.4, 0.5) is 0 Å². The normalized spacial score (nSPS) is 18.7. The van der Waals surface area contributed by atoms with E-state index in [0.717, 1.165) is 28.6 Å². The zero-order valence-corrected chi connectivity index (χ0v) is 11.7. The van der Waals surface area contributed by atoms with Crippen LogP contribution in [0.1, 0.15) is 31.4 Å². The highest BCUT2D eigenvalue weighted by atomic mass is 35.5. The van der Waals surface area contributed by atoms with Crippen LogP contribution in [0, 0.1) is 0 Å². The summed E-state index contributed by atoms with van der Waals surface area (Å²) in [6.07, 6.45) is 2.36. The molecule has 0 aliphatic carbocycles. The van der Waals surface area contributed by atoms with Gasteiger partial charge in [-0.05, 0) is 30.9 Å². The van der Waals surface area contributed by atoms with Crippen molar-refractivity contribution in [3.63, 3.8) is 0 Å². The summed E-state index contributed by atoms with van der Waals surface area (Å²) < 4.78 is 2.24. The summed E-state index contributed by atoms with van der Waals surface area (Å²) in [7, 11) is 0. The summed E-state index contributed by atoms with van der Waals surface area (Å²) in [5.41, 5.74) is 2.20. The predicted octanol–water partition coefficient (Wildman–Crippen LogP) is 4.75. The lowest BCUT2D eigenvalue weighted by Crippen LogP contribution is -2.14. The van der Waals surface area contributed by atoms with Crippen LogP contribution in [-0.2, 0) is 6.54 Å². The predicted molar refractivity (Wildman–Crippen MR) is 75.3 cm³/mol. The molecule has 1 aromatic carbocycles. The van der Waals surface area contributed by atoms with E-state index in [9.17, 15) is 0 Å². The fourth-order valence-corrected chi connectivity index (χ4v) is 3.23. The lowest BCUT2D eigenvalue weighted by atomic mass is 9.98. The third kappa shape index (κ3) is 1.94. The SMILES string of the molecule is CC1CCCn2c(-c3cccc(Cl)c3)nc(Cl)c21. The largest absolute Gasteiger partial charge is 0.326 e. The molecule has 1 aliphatic heterocycles. The van der Waals surface area contributed by atoms with Crippen molar-refractivity contribution in [2.45, 2.75) is 32.2 Å². The molecule has 0 saturated heterocycles. The highest BCUT2D eigenvalue weighted by Gasteiger charge is 2.24. The number of nitrogens with zero attached hydrogens (tertiary/aromatic N) is 2. The number of aromatic nitrogens is 2. The van der Waals surface area contributed by atoms with Crippen LogP contribution in [0.2, 0.25) is 10.2 Å². The third-order valence-corrected chi connectivity index (χ3v) is 4.04. The number of fused-ring (bicyclic) bond motifs is 1. The molecule has 1 aliphatic rings.